The van der Waals surface area contributed by atoms with Crippen LogP contribution in [0.15, 0.2) is 58.7 Å². The van der Waals surface area contributed by atoms with Crippen molar-refractivity contribution in [2.45, 2.75) is 0 Å². The summed E-state index contributed by atoms with van der Waals surface area (Å²) in [5.41, 5.74) is 1.38. The lowest BCUT2D eigenvalue weighted by molar-refractivity contribution is -0.117. The third-order valence-electron chi connectivity index (χ3n) is 3.23. The molecule has 0 aliphatic carbocycles. The number of carbonyl (C=O) groups excluding carboxylic acids is 2. The van der Waals surface area contributed by atoms with Crippen molar-refractivity contribution in [3.63, 3.8) is 0 Å². The SMILES string of the molecule is CNC(=O)/C(=C/c1ccc(OC)cc1)NC(=O)c1cccc(Br)c1. The van der Waals surface area contributed by atoms with E-state index in [-0.39, 0.29) is 17.5 Å². The molecule has 0 saturated carbocycles. The molecular formula is C18H17BrN2O3. The van der Waals surface area contributed by atoms with Crippen molar-refractivity contribution in [3.8, 4) is 5.75 Å². The van der Waals surface area contributed by atoms with Gasteiger partial charge in [0.15, 0.2) is 0 Å². The number of nitrogens with one attached hydrogen (secondary N) is 2. The van der Waals surface area contributed by atoms with Gasteiger partial charge in [-0.05, 0) is 42.0 Å². The van der Waals surface area contributed by atoms with Crippen molar-refractivity contribution in [1.29, 1.82) is 0 Å². The lowest BCUT2D eigenvalue weighted by Crippen LogP contribution is -2.33. The summed E-state index contributed by atoms with van der Waals surface area (Å²) < 4.78 is 5.89. The first kappa shape index (κ1) is 17.7. The molecule has 0 bridgehead atoms. The Labute approximate surface area is 148 Å². The molecule has 24 heavy (non-hydrogen) atoms. The van der Waals surface area contributed by atoms with Gasteiger partial charge in [0.2, 0.25) is 0 Å². The number of hydrogen-bond donors (Lipinski definition) is 2. The summed E-state index contributed by atoms with van der Waals surface area (Å²) in [6.45, 7) is 0. The van der Waals surface area contributed by atoms with Crippen LogP contribution in [0.1, 0.15) is 15.9 Å². The van der Waals surface area contributed by atoms with E-state index in [1.165, 1.54) is 7.05 Å². The fraction of sp³-hybridized carbons (Fsp3) is 0.111. The van der Waals surface area contributed by atoms with Crippen LogP contribution in [-0.2, 0) is 4.79 Å². The van der Waals surface area contributed by atoms with E-state index in [9.17, 15) is 9.59 Å². The smallest absolute Gasteiger partial charge is 0.267 e. The van der Waals surface area contributed by atoms with Gasteiger partial charge in [-0.3, -0.25) is 9.59 Å². The van der Waals surface area contributed by atoms with Crippen LogP contribution in [0.4, 0.5) is 0 Å². The molecule has 0 fully saturated rings. The molecule has 2 rings (SSSR count). The fourth-order valence-corrected chi connectivity index (χ4v) is 2.38. The lowest BCUT2D eigenvalue weighted by atomic mass is 10.1. The topological polar surface area (TPSA) is 67.4 Å². The minimum atomic E-state index is -0.380. The van der Waals surface area contributed by atoms with Gasteiger partial charge in [-0.25, -0.2) is 0 Å². The van der Waals surface area contributed by atoms with Gasteiger partial charge in [0.1, 0.15) is 11.4 Å². The molecule has 0 heterocycles. The van der Waals surface area contributed by atoms with Crippen LogP contribution in [0, 0.1) is 0 Å². The number of hydrogen-bond acceptors (Lipinski definition) is 3. The highest BCUT2D eigenvalue weighted by Gasteiger charge is 2.13. The highest BCUT2D eigenvalue weighted by Crippen LogP contribution is 2.15. The monoisotopic (exact) mass is 388 g/mol. The third kappa shape index (κ3) is 4.70. The molecule has 2 N–H and O–H groups in total. The van der Waals surface area contributed by atoms with Gasteiger partial charge >= 0.3 is 0 Å². The minimum absolute atomic E-state index is 0.160. The van der Waals surface area contributed by atoms with Crippen molar-refractivity contribution in [3.05, 3.63) is 69.8 Å². The maximum Gasteiger partial charge on any atom is 0.267 e. The predicted molar refractivity (Wildman–Crippen MR) is 96.6 cm³/mol. The molecule has 2 amide bonds. The molecule has 2 aromatic carbocycles. The highest BCUT2D eigenvalue weighted by molar-refractivity contribution is 9.10. The van der Waals surface area contributed by atoms with Crippen LogP contribution in [0.3, 0.4) is 0 Å². The van der Waals surface area contributed by atoms with E-state index in [2.05, 4.69) is 26.6 Å². The Morgan fingerprint density at radius 3 is 2.42 bits per heavy atom. The molecule has 0 aliphatic heterocycles. The van der Waals surface area contributed by atoms with Gasteiger partial charge in [0, 0.05) is 17.1 Å². The zero-order valence-electron chi connectivity index (χ0n) is 13.3. The normalized spacial score (nSPS) is 10.9. The van der Waals surface area contributed by atoms with Crippen LogP contribution in [0.25, 0.3) is 6.08 Å². The third-order valence-corrected chi connectivity index (χ3v) is 3.73. The molecule has 0 spiro atoms. The first-order chi connectivity index (χ1) is 11.5. The molecule has 2 aromatic rings. The van der Waals surface area contributed by atoms with Crippen LogP contribution in [0.2, 0.25) is 0 Å². The van der Waals surface area contributed by atoms with Crippen molar-refractivity contribution >= 4 is 33.8 Å². The van der Waals surface area contributed by atoms with Crippen LogP contribution < -0.4 is 15.4 Å². The number of rotatable bonds is 5. The first-order valence-electron chi connectivity index (χ1n) is 7.18. The molecule has 0 aromatic heterocycles. The zero-order chi connectivity index (χ0) is 17.5. The maximum absolute atomic E-state index is 12.3. The van der Waals surface area contributed by atoms with Gasteiger partial charge in [0.25, 0.3) is 11.8 Å². The Kier molecular flexibility index (Phi) is 6.14. The molecule has 0 aliphatic rings. The Bertz CT molecular complexity index is 770. The van der Waals surface area contributed by atoms with E-state index in [0.29, 0.717) is 11.3 Å². The van der Waals surface area contributed by atoms with E-state index in [4.69, 9.17) is 4.74 Å². The molecular weight excluding hydrogens is 372 g/mol. The van der Waals surface area contributed by atoms with Crippen molar-refractivity contribution in [2.75, 3.05) is 14.2 Å². The Morgan fingerprint density at radius 2 is 1.83 bits per heavy atom. The summed E-state index contributed by atoms with van der Waals surface area (Å²) in [6, 6.07) is 14.1. The number of methoxy groups -OCH3 is 1. The Balaban J connectivity index is 2.26. The standard InChI is InChI=1S/C18H17BrN2O3/c1-20-18(23)16(10-12-6-8-15(24-2)9-7-12)21-17(22)13-4-3-5-14(19)11-13/h3-11H,1-2H3,(H,20,23)(H,21,22)/b16-10-. The Morgan fingerprint density at radius 1 is 1.12 bits per heavy atom. The average Bonchev–Trinajstić information content (AvgIpc) is 2.61. The van der Waals surface area contributed by atoms with Gasteiger partial charge in [-0.15, -0.1) is 0 Å². The number of likely N-dealkylation sites (N-methyl/N-ethyl adjacent to an activating group) is 1. The molecule has 0 unspecified atom stereocenters. The minimum Gasteiger partial charge on any atom is -0.497 e. The largest absolute Gasteiger partial charge is 0.497 e. The van der Waals surface area contributed by atoms with Crippen molar-refractivity contribution in [2.24, 2.45) is 0 Å². The average molecular weight is 389 g/mol. The Hall–Kier alpha value is -2.60. The fourth-order valence-electron chi connectivity index (χ4n) is 1.98. The van der Waals surface area contributed by atoms with E-state index in [1.807, 2.05) is 6.07 Å². The summed E-state index contributed by atoms with van der Waals surface area (Å²) in [5, 5.41) is 5.17. The molecule has 5 nitrogen and oxygen atoms in total. The summed E-state index contributed by atoms with van der Waals surface area (Å²) >= 11 is 3.32. The summed E-state index contributed by atoms with van der Waals surface area (Å²) in [4.78, 5) is 24.4. The second-order valence-electron chi connectivity index (χ2n) is 4.87. The lowest BCUT2D eigenvalue weighted by Gasteiger charge is -2.09. The summed E-state index contributed by atoms with van der Waals surface area (Å²) in [5.74, 6) is -0.0272. The van der Waals surface area contributed by atoms with Crippen LogP contribution >= 0.6 is 15.9 Å². The highest BCUT2D eigenvalue weighted by atomic mass is 79.9. The maximum atomic E-state index is 12.3. The molecule has 0 saturated heterocycles. The molecule has 0 atom stereocenters. The van der Waals surface area contributed by atoms with Crippen LogP contribution in [0.5, 0.6) is 5.75 Å². The van der Waals surface area contributed by atoms with Gasteiger partial charge in [-0.1, -0.05) is 34.1 Å². The number of ether oxygens (including phenoxy) is 1. The number of halogens is 1. The quantitative estimate of drug-likeness (QED) is 0.773. The zero-order valence-corrected chi connectivity index (χ0v) is 14.9. The number of benzene rings is 2. The number of carbonyl (C=O) groups is 2. The van der Waals surface area contributed by atoms with Crippen molar-refractivity contribution in [1.82, 2.24) is 10.6 Å². The molecule has 124 valence electrons. The van der Waals surface area contributed by atoms with Gasteiger partial charge in [0.05, 0.1) is 7.11 Å². The van der Waals surface area contributed by atoms with E-state index in [1.54, 1.807) is 55.7 Å². The summed E-state index contributed by atoms with van der Waals surface area (Å²) in [7, 11) is 3.09. The van der Waals surface area contributed by atoms with Crippen LogP contribution in [-0.4, -0.2) is 26.0 Å². The van der Waals surface area contributed by atoms with Crippen molar-refractivity contribution < 1.29 is 14.3 Å². The second-order valence-corrected chi connectivity index (χ2v) is 5.79. The van der Waals surface area contributed by atoms with E-state index in [0.717, 1.165) is 10.0 Å². The van der Waals surface area contributed by atoms with E-state index >= 15 is 0 Å². The number of amides is 2. The van der Waals surface area contributed by atoms with E-state index < -0.39 is 0 Å². The van der Waals surface area contributed by atoms with Gasteiger partial charge < -0.3 is 15.4 Å². The molecule has 6 heteroatoms. The first-order valence-corrected chi connectivity index (χ1v) is 7.97. The predicted octanol–water partition coefficient (Wildman–Crippen LogP) is 2.97. The van der Waals surface area contributed by atoms with Gasteiger partial charge in [-0.2, -0.15) is 0 Å². The summed E-state index contributed by atoms with van der Waals surface area (Å²) in [6.07, 6.45) is 1.61. The molecule has 0 radical (unpaired) electrons. The second kappa shape index (κ2) is 8.31.